The van der Waals surface area contributed by atoms with Gasteiger partial charge in [0.05, 0.1) is 10.6 Å². The summed E-state index contributed by atoms with van der Waals surface area (Å²) >= 11 is 3.23. The van der Waals surface area contributed by atoms with E-state index in [0.717, 1.165) is 34.4 Å². The largest absolute Gasteiger partial charge is 0.506 e. The highest BCUT2D eigenvalue weighted by atomic mass is 32.2. The number of hydrogen-bond acceptors (Lipinski definition) is 5. The highest BCUT2D eigenvalue weighted by Crippen LogP contribution is 2.40. The predicted octanol–water partition coefficient (Wildman–Crippen LogP) is 4.34. The van der Waals surface area contributed by atoms with Crippen molar-refractivity contribution in [3.8, 4) is 5.75 Å². The van der Waals surface area contributed by atoms with Crippen LogP contribution >= 0.6 is 23.9 Å². The number of benzene rings is 2. The van der Waals surface area contributed by atoms with Crippen molar-refractivity contribution in [2.75, 3.05) is 24.1 Å². The Kier molecular flexibility index (Phi) is 4.29. The summed E-state index contributed by atoms with van der Waals surface area (Å²) in [6, 6.07) is 10.1. The molecule has 0 amide bonds. The molecule has 1 fully saturated rings. The highest BCUT2D eigenvalue weighted by molar-refractivity contribution is 7.99. The smallest absolute Gasteiger partial charge is 0.138 e. The van der Waals surface area contributed by atoms with Crippen LogP contribution in [0.3, 0.4) is 0 Å². The van der Waals surface area contributed by atoms with Crippen molar-refractivity contribution in [2.24, 2.45) is 0 Å². The van der Waals surface area contributed by atoms with Gasteiger partial charge in [-0.05, 0) is 36.9 Å². The minimum absolute atomic E-state index is 0.393. The normalized spacial score (nSPS) is 15.8. The zero-order valence-corrected chi connectivity index (χ0v) is 13.1. The number of fused-ring (bicyclic) bond motifs is 1. The summed E-state index contributed by atoms with van der Waals surface area (Å²) in [5.41, 5.74) is 1.04. The standard InChI is InChI=1S/C15H18N2OS2/c1-19-16-13-6-4-5-12-11(13)7-8-14(15(12)18)20-17-9-2-3-10-17/h4-8,16,18H,2-3,9-10H2,1H3. The molecule has 5 heteroatoms. The van der Waals surface area contributed by atoms with Gasteiger partial charge in [0.2, 0.25) is 0 Å². The molecule has 0 aromatic heterocycles. The molecule has 20 heavy (non-hydrogen) atoms. The molecule has 3 nitrogen and oxygen atoms in total. The van der Waals surface area contributed by atoms with Crippen LogP contribution in [0.4, 0.5) is 5.69 Å². The third-order valence-corrected chi connectivity index (χ3v) is 5.07. The minimum Gasteiger partial charge on any atom is -0.506 e. The predicted molar refractivity (Wildman–Crippen MR) is 89.4 cm³/mol. The van der Waals surface area contributed by atoms with E-state index in [-0.39, 0.29) is 0 Å². The molecular formula is C15H18N2OS2. The minimum atomic E-state index is 0.393. The van der Waals surface area contributed by atoms with Crippen LogP contribution in [0, 0.1) is 0 Å². The summed E-state index contributed by atoms with van der Waals surface area (Å²) in [6.45, 7) is 2.21. The molecule has 0 spiro atoms. The van der Waals surface area contributed by atoms with Gasteiger partial charge in [-0.25, -0.2) is 4.31 Å². The van der Waals surface area contributed by atoms with Gasteiger partial charge < -0.3 is 9.83 Å². The van der Waals surface area contributed by atoms with Crippen molar-refractivity contribution in [3.63, 3.8) is 0 Å². The van der Waals surface area contributed by atoms with Gasteiger partial charge in [-0.2, -0.15) is 0 Å². The van der Waals surface area contributed by atoms with Gasteiger partial charge in [0.15, 0.2) is 0 Å². The first-order valence-electron chi connectivity index (χ1n) is 6.76. The monoisotopic (exact) mass is 306 g/mol. The molecule has 3 rings (SSSR count). The van der Waals surface area contributed by atoms with Crippen LogP contribution in [0.5, 0.6) is 5.75 Å². The molecule has 1 aliphatic rings. The van der Waals surface area contributed by atoms with Gasteiger partial charge in [0.1, 0.15) is 5.75 Å². The van der Waals surface area contributed by atoms with Crippen molar-refractivity contribution in [2.45, 2.75) is 17.7 Å². The number of rotatable bonds is 4. The highest BCUT2D eigenvalue weighted by Gasteiger charge is 2.16. The number of nitrogens with one attached hydrogen (secondary N) is 1. The van der Waals surface area contributed by atoms with Gasteiger partial charge in [-0.1, -0.05) is 30.1 Å². The quantitative estimate of drug-likeness (QED) is 0.822. The molecule has 2 aromatic carbocycles. The average molecular weight is 306 g/mol. The van der Waals surface area contributed by atoms with Crippen LogP contribution in [-0.2, 0) is 0 Å². The van der Waals surface area contributed by atoms with Crippen LogP contribution in [0.25, 0.3) is 10.8 Å². The molecule has 0 bridgehead atoms. The third-order valence-electron chi connectivity index (χ3n) is 3.50. The van der Waals surface area contributed by atoms with Crippen LogP contribution in [0.2, 0.25) is 0 Å². The fourth-order valence-electron chi connectivity index (χ4n) is 2.51. The van der Waals surface area contributed by atoms with E-state index in [1.807, 2.05) is 30.5 Å². The molecule has 1 heterocycles. The molecular weight excluding hydrogens is 288 g/mol. The average Bonchev–Trinajstić information content (AvgIpc) is 2.96. The lowest BCUT2D eigenvalue weighted by atomic mass is 10.1. The van der Waals surface area contributed by atoms with Gasteiger partial charge in [-0.3, -0.25) is 0 Å². The van der Waals surface area contributed by atoms with E-state index in [0.29, 0.717) is 5.75 Å². The summed E-state index contributed by atoms with van der Waals surface area (Å²) in [4.78, 5) is 0.945. The molecule has 0 radical (unpaired) electrons. The first kappa shape index (κ1) is 13.9. The SMILES string of the molecule is CSNc1cccc2c(O)c(SN3CCCC3)ccc12. The Balaban J connectivity index is 1.97. The number of phenolic OH excluding ortho intramolecular Hbond substituents is 1. The maximum Gasteiger partial charge on any atom is 0.138 e. The zero-order valence-electron chi connectivity index (χ0n) is 11.4. The van der Waals surface area contributed by atoms with E-state index >= 15 is 0 Å². The van der Waals surface area contributed by atoms with Crippen molar-refractivity contribution in [1.82, 2.24) is 4.31 Å². The second kappa shape index (κ2) is 6.16. The molecule has 106 valence electrons. The summed E-state index contributed by atoms with van der Waals surface area (Å²) < 4.78 is 5.58. The van der Waals surface area contributed by atoms with E-state index in [2.05, 4.69) is 15.1 Å². The van der Waals surface area contributed by atoms with Crippen LogP contribution < -0.4 is 4.72 Å². The summed E-state index contributed by atoms with van der Waals surface area (Å²) in [7, 11) is 0. The van der Waals surface area contributed by atoms with Crippen molar-refractivity contribution < 1.29 is 5.11 Å². The lowest BCUT2D eigenvalue weighted by molar-refractivity contribution is 0.467. The molecule has 0 atom stereocenters. The van der Waals surface area contributed by atoms with Gasteiger partial charge >= 0.3 is 0 Å². The topological polar surface area (TPSA) is 35.5 Å². The van der Waals surface area contributed by atoms with E-state index in [4.69, 9.17) is 0 Å². The van der Waals surface area contributed by atoms with E-state index < -0.39 is 0 Å². The maximum absolute atomic E-state index is 10.5. The number of phenols is 1. The maximum atomic E-state index is 10.5. The third kappa shape index (κ3) is 2.71. The molecule has 1 saturated heterocycles. The first-order valence-corrected chi connectivity index (χ1v) is 8.76. The molecule has 2 aromatic rings. The van der Waals surface area contributed by atoms with Crippen LogP contribution in [-0.4, -0.2) is 28.8 Å². The Morgan fingerprint density at radius 2 is 1.90 bits per heavy atom. The van der Waals surface area contributed by atoms with Gasteiger partial charge in [0, 0.05) is 30.1 Å². The second-order valence-electron chi connectivity index (χ2n) is 4.85. The van der Waals surface area contributed by atoms with Gasteiger partial charge in [-0.15, -0.1) is 0 Å². The number of aromatic hydroxyl groups is 1. The van der Waals surface area contributed by atoms with Crippen LogP contribution in [0.1, 0.15) is 12.8 Å². The fourth-order valence-corrected chi connectivity index (χ4v) is 3.96. The summed E-state index contributed by atoms with van der Waals surface area (Å²) in [5.74, 6) is 0.393. The molecule has 0 unspecified atom stereocenters. The number of nitrogens with zero attached hydrogens (tertiary/aromatic N) is 1. The number of hydrogen-bond donors (Lipinski definition) is 2. The Morgan fingerprint density at radius 3 is 2.65 bits per heavy atom. The molecule has 2 N–H and O–H groups in total. The second-order valence-corrected chi connectivity index (χ2v) is 6.60. The fraction of sp³-hybridized carbons (Fsp3) is 0.333. The lowest BCUT2D eigenvalue weighted by Crippen LogP contribution is -2.08. The summed E-state index contributed by atoms with van der Waals surface area (Å²) in [6.07, 6.45) is 4.50. The van der Waals surface area contributed by atoms with E-state index in [1.165, 1.54) is 12.8 Å². The van der Waals surface area contributed by atoms with Crippen LogP contribution in [0.15, 0.2) is 35.2 Å². The number of anilines is 1. The van der Waals surface area contributed by atoms with Crippen molar-refractivity contribution >= 4 is 40.4 Å². The van der Waals surface area contributed by atoms with Crippen molar-refractivity contribution in [3.05, 3.63) is 30.3 Å². The Bertz CT molecular complexity index is 612. The molecule has 0 aliphatic carbocycles. The Labute approximate surface area is 128 Å². The van der Waals surface area contributed by atoms with E-state index in [9.17, 15) is 5.11 Å². The summed E-state index contributed by atoms with van der Waals surface area (Å²) in [5, 5.41) is 12.5. The molecule has 0 saturated carbocycles. The van der Waals surface area contributed by atoms with Crippen molar-refractivity contribution in [1.29, 1.82) is 0 Å². The van der Waals surface area contributed by atoms with Gasteiger partial charge in [0.25, 0.3) is 0 Å². The molecule has 1 aliphatic heterocycles. The van der Waals surface area contributed by atoms with E-state index in [1.54, 1.807) is 23.9 Å². The Morgan fingerprint density at radius 1 is 1.10 bits per heavy atom. The first-order chi connectivity index (χ1) is 9.79. The lowest BCUT2D eigenvalue weighted by Gasteiger charge is -2.16. The Hall–Kier alpha value is -1.04. The zero-order chi connectivity index (χ0) is 13.9.